The van der Waals surface area contributed by atoms with Crippen molar-refractivity contribution in [3.63, 3.8) is 0 Å². The first kappa shape index (κ1) is 44.8. The Kier molecular flexibility index (Phi) is 18.3. The normalized spacial score (nSPS) is 18.3. The molecule has 0 spiro atoms. The van der Waals surface area contributed by atoms with Crippen LogP contribution in [0, 0.1) is 17.8 Å². The highest BCUT2D eigenvalue weighted by molar-refractivity contribution is 7.09. The fraction of sp³-hybridized carbons (Fsp3) is 0.675. The molecule has 1 fully saturated rings. The topological polar surface area (TPSA) is 182 Å². The molecule has 302 valence electrons. The van der Waals surface area contributed by atoms with Crippen LogP contribution in [0.4, 0.5) is 0 Å². The van der Waals surface area contributed by atoms with Crippen LogP contribution in [0.1, 0.15) is 114 Å². The van der Waals surface area contributed by atoms with Gasteiger partial charge in [-0.25, -0.2) is 4.98 Å². The van der Waals surface area contributed by atoms with Crippen LogP contribution in [0.5, 0.6) is 5.75 Å². The van der Waals surface area contributed by atoms with Crippen molar-refractivity contribution >= 4 is 35.0 Å². The molecule has 3 amide bonds. The molecule has 54 heavy (non-hydrogen) atoms. The number of carbonyl (C=O) groups excluding carboxylic acids is 3. The van der Waals surface area contributed by atoms with Gasteiger partial charge < -0.3 is 35.6 Å². The number of hydrogen-bond donors (Lipinski definition) is 5. The summed E-state index contributed by atoms with van der Waals surface area (Å²) in [6.45, 7) is 12.7. The van der Waals surface area contributed by atoms with Crippen molar-refractivity contribution in [3.05, 3.63) is 45.9 Å². The van der Waals surface area contributed by atoms with Crippen molar-refractivity contribution in [3.8, 4) is 5.75 Å². The van der Waals surface area contributed by atoms with Gasteiger partial charge in [-0.05, 0) is 75.2 Å². The number of benzene rings is 1. The molecule has 2 heterocycles. The number of aliphatic hydroxyl groups is 1. The third-order valence-corrected chi connectivity index (χ3v) is 11.4. The minimum absolute atomic E-state index is 0.0504. The molecule has 0 saturated carbocycles. The summed E-state index contributed by atoms with van der Waals surface area (Å²) in [6.07, 6.45) is 4.49. The lowest BCUT2D eigenvalue weighted by Crippen LogP contribution is -2.59. The first-order chi connectivity index (χ1) is 25.7. The zero-order valence-corrected chi connectivity index (χ0v) is 33.9. The molecule has 5 N–H and O–H groups in total. The van der Waals surface area contributed by atoms with E-state index in [-0.39, 0.29) is 66.7 Å². The molecule has 0 unspecified atom stereocenters. The molecule has 3 rings (SSSR count). The van der Waals surface area contributed by atoms with E-state index >= 15 is 0 Å². The minimum atomic E-state index is -0.963. The smallest absolute Gasteiger partial charge is 0.306 e. The van der Waals surface area contributed by atoms with Gasteiger partial charge in [0, 0.05) is 37.0 Å². The number of carboxylic acid groups (broad SMARTS) is 1. The number of thiazole rings is 1. The van der Waals surface area contributed by atoms with E-state index in [1.165, 1.54) is 11.3 Å². The van der Waals surface area contributed by atoms with E-state index < -0.39 is 36.0 Å². The van der Waals surface area contributed by atoms with E-state index in [1.54, 1.807) is 41.5 Å². The molecule has 2 aromatic rings. The Morgan fingerprint density at radius 2 is 1.76 bits per heavy atom. The molecule has 1 saturated heterocycles. The Bertz CT molecular complexity index is 1490. The average molecular weight is 774 g/mol. The molecule has 1 aromatic heterocycles. The molecule has 0 radical (unpaired) electrons. The van der Waals surface area contributed by atoms with E-state index in [2.05, 4.69) is 10.6 Å². The molecule has 1 aromatic carbocycles. The number of rotatable bonds is 22. The number of ether oxygens (including phenoxy) is 1. The Hall–Kier alpha value is -3.59. The molecule has 13 nitrogen and oxygen atoms in total. The molecule has 0 aliphatic carbocycles. The van der Waals surface area contributed by atoms with Crippen LogP contribution < -0.4 is 10.6 Å². The number of phenols is 1. The van der Waals surface area contributed by atoms with Crippen LogP contribution in [0.15, 0.2) is 29.6 Å². The van der Waals surface area contributed by atoms with E-state index in [4.69, 9.17) is 9.72 Å². The number of nitrogens with one attached hydrogen (secondary N) is 2. The quantitative estimate of drug-likeness (QED) is 0.109. The van der Waals surface area contributed by atoms with Crippen molar-refractivity contribution in [2.75, 3.05) is 33.4 Å². The van der Waals surface area contributed by atoms with Crippen LogP contribution in [0.3, 0.4) is 0 Å². The maximum absolute atomic E-state index is 14.5. The van der Waals surface area contributed by atoms with Gasteiger partial charge in [0.05, 0.1) is 18.6 Å². The molecular weight excluding hydrogens is 711 g/mol. The maximum Gasteiger partial charge on any atom is 0.306 e. The second kappa shape index (κ2) is 22.1. The standard InChI is InChI=1S/C40H63N5O8S/c1-8-20-53-34(38-42-31(24-54-38)36(48)41-29(21-27(6)40(51)52)22-28-13-15-30(47)16-14-28)23-33(25(3)4)45(18-19-46)39(50)35(26(5)9-2)43-37(49)32-12-10-11-17-44(32)7/h13-16,24-27,29,32-35,46-47H,8-12,17-23H2,1-7H3,(H,41,48)(H,43,49)(H,51,52)/t26-,27-,29+,32+,33+,34+,35-/m0/s1. The lowest BCUT2D eigenvalue weighted by Gasteiger charge is -2.40. The zero-order valence-electron chi connectivity index (χ0n) is 33.1. The minimum Gasteiger partial charge on any atom is -0.508 e. The third kappa shape index (κ3) is 13.0. The van der Waals surface area contributed by atoms with E-state index in [1.807, 2.05) is 46.6 Å². The number of aliphatic carboxylic acids is 1. The number of hydrogen-bond acceptors (Lipinski definition) is 10. The number of aliphatic hydroxyl groups excluding tert-OH is 1. The number of likely N-dealkylation sites (N-methyl/N-ethyl adjacent to an activating group) is 1. The fourth-order valence-corrected chi connectivity index (χ4v) is 7.84. The van der Waals surface area contributed by atoms with E-state index in [0.717, 1.165) is 37.8 Å². The largest absolute Gasteiger partial charge is 0.508 e. The van der Waals surface area contributed by atoms with Gasteiger partial charge in [0.2, 0.25) is 11.8 Å². The molecular formula is C40H63N5O8S. The van der Waals surface area contributed by atoms with Gasteiger partial charge in [0.15, 0.2) is 0 Å². The van der Waals surface area contributed by atoms with Crippen LogP contribution in [-0.4, -0.2) is 111 Å². The molecule has 7 atom stereocenters. The Morgan fingerprint density at radius 1 is 1.06 bits per heavy atom. The second-order valence-electron chi connectivity index (χ2n) is 15.1. The summed E-state index contributed by atoms with van der Waals surface area (Å²) >= 11 is 1.28. The van der Waals surface area contributed by atoms with Crippen LogP contribution in [-0.2, 0) is 25.5 Å². The summed E-state index contributed by atoms with van der Waals surface area (Å²) in [5, 5.41) is 37.8. The maximum atomic E-state index is 14.5. The second-order valence-corrected chi connectivity index (χ2v) is 16.0. The van der Waals surface area contributed by atoms with Crippen molar-refractivity contribution in [2.45, 2.75) is 123 Å². The lowest BCUT2D eigenvalue weighted by atomic mass is 9.92. The number of amides is 3. The number of carbonyl (C=O) groups is 4. The lowest BCUT2D eigenvalue weighted by molar-refractivity contribution is -0.143. The Labute approximate surface area is 324 Å². The van der Waals surface area contributed by atoms with E-state index in [0.29, 0.717) is 30.9 Å². The highest BCUT2D eigenvalue weighted by Crippen LogP contribution is 2.32. The van der Waals surface area contributed by atoms with Gasteiger partial charge in [-0.15, -0.1) is 11.3 Å². The summed E-state index contributed by atoms with van der Waals surface area (Å²) in [5.41, 5.74) is 1.01. The van der Waals surface area contributed by atoms with Gasteiger partial charge in [-0.1, -0.05) is 66.5 Å². The van der Waals surface area contributed by atoms with Crippen LogP contribution in [0.2, 0.25) is 0 Å². The van der Waals surface area contributed by atoms with Crippen molar-refractivity contribution in [1.82, 2.24) is 25.4 Å². The SMILES string of the molecule is CCCO[C@H](C[C@H](C(C)C)N(CCO)C(=O)[C@@H](NC(=O)[C@H]1CCCCN1C)[C@@H](C)CC)c1nc(C(=O)N[C@@H](Cc2ccc(O)cc2)C[C@H](C)C(=O)O)cs1. The van der Waals surface area contributed by atoms with Gasteiger partial charge in [0.1, 0.15) is 28.6 Å². The molecule has 0 bridgehead atoms. The average Bonchev–Trinajstić information content (AvgIpc) is 3.64. The number of aromatic nitrogens is 1. The highest BCUT2D eigenvalue weighted by atomic mass is 32.1. The predicted octanol–water partition coefficient (Wildman–Crippen LogP) is 5.02. The number of nitrogens with zero attached hydrogens (tertiary/aromatic N) is 3. The van der Waals surface area contributed by atoms with Crippen molar-refractivity contribution in [1.29, 1.82) is 0 Å². The Morgan fingerprint density at radius 3 is 2.35 bits per heavy atom. The zero-order chi connectivity index (χ0) is 39.9. The summed E-state index contributed by atoms with van der Waals surface area (Å²) in [6, 6.07) is 4.61. The summed E-state index contributed by atoms with van der Waals surface area (Å²) in [4.78, 5) is 61.8. The number of likely N-dealkylation sites (tertiary alicyclic amines) is 1. The van der Waals surface area contributed by atoms with Gasteiger partial charge >= 0.3 is 5.97 Å². The van der Waals surface area contributed by atoms with Gasteiger partial charge in [-0.3, -0.25) is 24.1 Å². The molecule has 1 aliphatic heterocycles. The predicted molar refractivity (Wildman–Crippen MR) is 209 cm³/mol. The number of piperidine rings is 1. The van der Waals surface area contributed by atoms with Crippen molar-refractivity contribution < 1.29 is 39.2 Å². The fourth-order valence-electron chi connectivity index (χ4n) is 6.98. The van der Waals surface area contributed by atoms with E-state index in [9.17, 15) is 34.5 Å². The summed E-state index contributed by atoms with van der Waals surface area (Å²) in [7, 11) is 1.94. The number of phenolic OH excluding ortho intramolecular Hbond substituents is 1. The monoisotopic (exact) mass is 773 g/mol. The van der Waals surface area contributed by atoms with Crippen molar-refractivity contribution in [2.24, 2.45) is 17.8 Å². The summed E-state index contributed by atoms with van der Waals surface area (Å²) in [5.74, 6) is -2.59. The number of carboxylic acids is 1. The van der Waals surface area contributed by atoms with Gasteiger partial charge in [0.25, 0.3) is 5.91 Å². The van der Waals surface area contributed by atoms with Crippen LogP contribution in [0.25, 0.3) is 0 Å². The Balaban J connectivity index is 1.86. The van der Waals surface area contributed by atoms with Gasteiger partial charge in [-0.2, -0.15) is 0 Å². The molecule has 14 heteroatoms. The first-order valence-electron chi connectivity index (χ1n) is 19.5. The molecule has 1 aliphatic rings. The summed E-state index contributed by atoms with van der Waals surface area (Å²) < 4.78 is 6.35. The van der Waals surface area contributed by atoms with Crippen LogP contribution >= 0.6 is 11.3 Å². The first-order valence-corrected chi connectivity index (χ1v) is 20.4. The number of aromatic hydroxyl groups is 1. The highest BCUT2D eigenvalue weighted by Gasteiger charge is 2.38. The third-order valence-electron chi connectivity index (χ3n) is 10.5.